The molecule has 0 radical (unpaired) electrons. The van der Waals surface area contributed by atoms with Gasteiger partial charge in [-0.15, -0.1) is 11.8 Å². The maximum absolute atomic E-state index is 12.0. The van der Waals surface area contributed by atoms with Crippen LogP contribution in [0.3, 0.4) is 0 Å². The molecule has 0 unspecified atom stereocenters. The SMILES string of the molecule is C[C@H]1C[C@H](OC(=O)CCSc2ccccc2)c2nccn21. The molecule has 1 aromatic heterocycles. The van der Waals surface area contributed by atoms with Gasteiger partial charge in [0.15, 0.2) is 6.10 Å². The Labute approximate surface area is 128 Å². The largest absolute Gasteiger partial charge is 0.454 e. The van der Waals surface area contributed by atoms with Gasteiger partial charge in [0.25, 0.3) is 0 Å². The van der Waals surface area contributed by atoms with Crippen LogP contribution >= 0.6 is 11.8 Å². The van der Waals surface area contributed by atoms with Crippen LogP contribution in [0.2, 0.25) is 0 Å². The molecule has 0 aliphatic carbocycles. The van der Waals surface area contributed by atoms with Crippen LogP contribution in [0.1, 0.15) is 37.7 Å². The molecule has 4 nitrogen and oxygen atoms in total. The predicted octanol–water partition coefficient (Wildman–Crippen LogP) is 3.61. The molecule has 1 aliphatic rings. The number of imidazole rings is 1. The van der Waals surface area contributed by atoms with Crippen molar-refractivity contribution >= 4 is 17.7 Å². The van der Waals surface area contributed by atoms with E-state index >= 15 is 0 Å². The van der Waals surface area contributed by atoms with Gasteiger partial charge in [0.1, 0.15) is 5.82 Å². The molecule has 1 aromatic carbocycles. The monoisotopic (exact) mass is 302 g/mol. The zero-order valence-corrected chi connectivity index (χ0v) is 12.8. The number of fused-ring (bicyclic) bond motifs is 1. The molecule has 0 bridgehead atoms. The van der Waals surface area contributed by atoms with Gasteiger partial charge in [-0.1, -0.05) is 18.2 Å². The first-order valence-corrected chi connectivity index (χ1v) is 8.12. The van der Waals surface area contributed by atoms with Crippen molar-refractivity contribution in [3.63, 3.8) is 0 Å². The summed E-state index contributed by atoms with van der Waals surface area (Å²) in [5.41, 5.74) is 0. The standard InChI is InChI=1S/C16H18N2O2S/c1-12-11-14(16-17-8-9-18(12)16)20-15(19)7-10-21-13-5-3-2-4-6-13/h2-6,8-9,12,14H,7,10-11H2,1H3/t12-,14-/m0/s1. The molecule has 5 heteroatoms. The predicted molar refractivity (Wildman–Crippen MR) is 82.2 cm³/mol. The Bertz CT molecular complexity index is 612. The second-order valence-electron chi connectivity index (χ2n) is 5.17. The highest BCUT2D eigenvalue weighted by molar-refractivity contribution is 7.99. The van der Waals surface area contributed by atoms with Gasteiger partial charge in [0.2, 0.25) is 0 Å². The molecule has 0 spiro atoms. The van der Waals surface area contributed by atoms with Crippen molar-refractivity contribution in [2.45, 2.75) is 36.8 Å². The fraction of sp³-hybridized carbons (Fsp3) is 0.375. The van der Waals surface area contributed by atoms with E-state index in [1.165, 1.54) is 4.90 Å². The minimum Gasteiger partial charge on any atom is -0.454 e. The minimum absolute atomic E-state index is 0.146. The normalized spacial score (nSPS) is 20.2. The molecule has 0 fully saturated rings. The summed E-state index contributed by atoms with van der Waals surface area (Å²) in [7, 11) is 0. The van der Waals surface area contributed by atoms with Crippen LogP contribution in [-0.4, -0.2) is 21.3 Å². The summed E-state index contributed by atoms with van der Waals surface area (Å²) in [4.78, 5) is 17.4. The van der Waals surface area contributed by atoms with E-state index in [0.29, 0.717) is 12.5 Å². The molecule has 2 aromatic rings. The van der Waals surface area contributed by atoms with Crippen molar-refractivity contribution in [2.24, 2.45) is 0 Å². The zero-order chi connectivity index (χ0) is 14.7. The van der Waals surface area contributed by atoms with E-state index in [9.17, 15) is 4.79 Å². The number of nitrogens with zero attached hydrogens (tertiary/aromatic N) is 2. The second-order valence-corrected chi connectivity index (χ2v) is 6.34. The number of thioether (sulfide) groups is 1. The molecule has 0 saturated carbocycles. The van der Waals surface area contributed by atoms with Crippen LogP contribution in [0.15, 0.2) is 47.6 Å². The molecule has 0 N–H and O–H groups in total. The zero-order valence-electron chi connectivity index (χ0n) is 11.9. The van der Waals surface area contributed by atoms with Gasteiger partial charge < -0.3 is 9.30 Å². The summed E-state index contributed by atoms with van der Waals surface area (Å²) >= 11 is 1.67. The Morgan fingerprint density at radius 1 is 1.43 bits per heavy atom. The van der Waals surface area contributed by atoms with Gasteiger partial charge in [-0.3, -0.25) is 4.79 Å². The highest BCUT2D eigenvalue weighted by Gasteiger charge is 2.31. The number of hydrogen-bond donors (Lipinski definition) is 0. The first kappa shape index (κ1) is 14.2. The molecular formula is C16H18N2O2S. The van der Waals surface area contributed by atoms with Crippen LogP contribution in [-0.2, 0) is 9.53 Å². The first-order valence-electron chi connectivity index (χ1n) is 7.14. The summed E-state index contributed by atoms with van der Waals surface area (Å²) in [6.07, 6.45) is 4.76. The maximum atomic E-state index is 12.0. The summed E-state index contributed by atoms with van der Waals surface area (Å²) in [5.74, 6) is 1.46. The number of carbonyl (C=O) groups is 1. The number of esters is 1. The van der Waals surface area contributed by atoms with E-state index in [2.05, 4.69) is 16.5 Å². The Morgan fingerprint density at radius 2 is 2.24 bits per heavy atom. The number of carbonyl (C=O) groups excluding carboxylic acids is 1. The topological polar surface area (TPSA) is 44.1 Å². The van der Waals surface area contributed by atoms with E-state index in [4.69, 9.17) is 4.74 Å². The third kappa shape index (κ3) is 3.29. The lowest BCUT2D eigenvalue weighted by molar-refractivity contribution is -0.149. The first-order chi connectivity index (χ1) is 10.2. The van der Waals surface area contributed by atoms with Crippen LogP contribution < -0.4 is 0 Å². The van der Waals surface area contributed by atoms with E-state index in [0.717, 1.165) is 18.0 Å². The Hall–Kier alpha value is -1.75. The lowest BCUT2D eigenvalue weighted by Crippen LogP contribution is -2.10. The number of hydrogen-bond acceptors (Lipinski definition) is 4. The van der Waals surface area contributed by atoms with Crippen LogP contribution in [0, 0.1) is 0 Å². The molecule has 0 amide bonds. The molecule has 0 saturated heterocycles. The van der Waals surface area contributed by atoms with Crippen LogP contribution in [0.25, 0.3) is 0 Å². The highest BCUT2D eigenvalue weighted by atomic mass is 32.2. The molecule has 21 heavy (non-hydrogen) atoms. The third-order valence-electron chi connectivity index (χ3n) is 3.61. The van der Waals surface area contributed by atoms with Crippen molar-refractivity contribution in [3.05, 3.63) is 48.5 Å². The molecule has 2 atom stereocenters. The van der Waals surface area contributed by atoms with Gasteiger partial charge in [-0.2, -0.15) is 0 Å². The van der Waals surface area contributed by atoms with Crippen LogP contribution in [0.5, 0.6) is 0 Å². The minimum atomic E-state index is -0.191. The average molecular weight is 302 g/mol. The Balaban J connectivity index is 1.47. The maximum Gasteiger partial charge on any atom is 0.307 e. The smallest absolute Gasteiger partial charge is 0.307 e. The van der Waals surface area contributed by atoms with Crippen molar-refractivity contribution in [1.82, 2.24) is 9.55 Å². The van der Waals surface area contributed by atoms with Gasteiger partial charge in [-0.05, 0) is 19.1 Å². The molecular weight excluding hydrogens is 284 g/mol. The van der Waals surface area contributed by atoms with Crippen molar-refractivity contribution in [3.8, 4) is 0 Å². The highest BCUT2D eigenvalue weighted by Crippen LogP contribution is 2.35. The summed E-state index contributed by atoms with van der Waals surface area (Å²) in [5, 5.41) is 0. The van der Waals surface area contributed by atoms with E-state index in [-0.39, 0.29) is 12.1 Å². The summed E-state index contributed by atoms with van der Waals surface area (Å²) < 4.78 is 7.65. The number of ether oxygens (including phenoxy) is 1. The van der Waals surface area contributed by atoms with E-state index in [1.54, 1.807) is 18.0 Å². The number of benzene rings is 1. The molecule has 1 aliphatic heterocycles. The number of aromatic nitrogens is 2. The van der Waals surface area contributed by atoms with Crippen molar-refractivity contribution in [1.29, 1.82) is 0 Å². The lowest BCUT2D eigenvalue weighted by atomic mass is 10.2. The Morgan fingerprint density at radius 3 is 3.05 bits per heavy atom. The second kappa shape index (κ2) is 6.35. The molecule has 2 heterocycles. The van der Waals surface area contributed by atoms with E-state index in [1.807, 2.05) is 36.5 Å². The fourth-order valence-corrected chi connectivity index (χ4v) is 3.42. The van der Waals surface area contributed by atoms with Crippen molar-refractivity contribution < 1.29 is 9.53 Å². The number of rotatable bonds is 5. The quantitative estimate of drug-likeness (QED) is 0.625. The van der Waals surface area contributed by atoms with Gasteiger partial charge >= 0.3 is 5.97 Å². The molecule has 110 valence electrons. The van der Waals surface area contributed by atoms with Gasteiger partial charge in [-0.25, -0.2) is 4.98 Å². The van der Waals surface area contributed by atoms with Gasteiger partial charge in [0.05, 0.1) is 6.42 Å². The summed E-state index contributed by atoms with van der Waals surface area (Å²) in [6, 6.07) is 10.4. The molecule has 3 rings (SSSR count). The van der Waals surface area contributed by atoms with E-state index < -0.39 is 0 Å². The van der Waals surface area contributed by atoms with Gasteiger partial charge in [0, 0.05) is 35.5 Å². The third-order valence-corrected chi connectivity index (χ3v) is 4.62. The van der Waals surface area contributed by atoms with Crippen molar-refractivity contribution in [2.75, 3.05) is 5.75 Å². The Kier molecular flexibility index (Phi) is 4.29. The fourth-order valence-electron chi connectivity index (χ4n) is 2.56. The average Bonchev–Trinajstić information content (AvgIpc) is 3.06. The lowest BCUT2D eigenvalue weighted by Gasteiger charge is -2.11. The summed E-state index contributed by atoms with van der Waals surface area (Å²) in [6.45, 7) is 2.12. The van der Waals surface area contributed by atoms with Crippen LogP contribution in [0.4, 0.5) is 0 Å².